The van der Waals surface area contributed by atoms with Crippen molar-refractivity contribution in [3.63, 3.8) is 0 Å². The summed E-state index contributed by atoms with van der Waals surface area (Å²) in [6.07, 6.45) is 2.21. The standard InChI is InChI=1S/C16H22N2O5/c1-3-5-10-23-16(20)14(4-2)17-15(19)11-12-6-8-13(9-7-12)18(21)22/h6-9,14H,3-5,10-11H2,1-2H3,(H,17,19). The van der Waals surface area contributed by atoms with Crippen molar-refractivity contribution in [2.45, 2.75) is 45.6 Å². The fraction of sp³-hybridized carbons (Fsp3) is 0.500. The SMILES string of the molecule is CCCCOC(=O)C(CC)NC(=O)Cc1ccc([N+](=O)[O-])cc1. The molecule has 0 radical (unpaired) electrons. The normalized spacial score (nSPS) is 11.6. The van der Waals surface area contributed by atoms with Gasteiger partial charge in [-0.05, 0) is 18.4 Å². The van der Waals surface area contributed by atoms with Crippen LogP contribution in [0.2, 0.25) is 0 Å². The Labute approximate surface area is 135 Å². The number of benzene rings is 1. The molecule has 7 nitrogen and oxygen atoms in total. The molecule has 7 heteroatoms. The van der Waals surface area contributed by atoms with E-state index in [-0.39, 0.29) is 18.0 Å². The zero-order chi connectivity index (χ0) is 17.2. The number of rotatable bonds is 9. The second-order valence-electron chi connectivity index (χ2n) is 5.15. The molecule has 1 amide bonds. The van der Waals surface area contributed by atoms with Crippen LogP contribution in [0.5, 0.6) is 0 Å². The molecular formula is C16H22N2O5. The van der Waals surface area contributed by atoms with E-state index in [9.17, 15) is 19.7 Å². The number of non-ortho nitro benzene ring substituents is 1. The third-order valence-electron chi connectivity index (χ3n) is 3.28. The molecule has 1 unspecified atom stereocenters. The topological polar surface area (TPSA) is 98.5 Å². The van der Waals surface area contributed by atoms with Crippen LogP contribution in [-0.4, -0.2) is 29.4 Å². The highest BCUT2D eigenvalue weighted by molar-refractivity contribution is 5.85. The molecule has 0 heterocycles. The van der Waals surface area contributed by atoms with Gasteiger partial charge in [-0.1, -0.05) is 32.4 Å². The average molecular weight is 322 g/mol. The van der Waals surface area contributed by atoms with Crippen molar-refractivity contribution in [1.82, 2.24) is 5.32 Å². The number of esters is 1. The van der Waals surface area contributed by atoms with Crippen molar-refractivity contribution < 1.29 is 19.2 Å². The number of nitro benzene ring substituents is 1. The largest absolute Gasteiger partial charge is 0.464 e. The van der Waals surface area contributed by atoms with Crippen LogP contribution in [0.1, 0.15) is 38.7 Å². The van der Waals surface area contributed by atoms with Crippen LogP contribution in [0.4, 0.5) is 5.69 Å². The highest BCUT2D eigenvalue weighted by Gasteiger charge is 2.20. The van der Waals surface area contributed by atoms with E-state index in [1.807, 2.05) is 6.92 Å². The number of hydrogen-bond acceptors (Lipinski definition) is 5. The van der Waals surface area contributed by atoms with Crippen LogP contribution in [0.25, 0.3) is 0 Å². The molecule has 0 aromatic heterocycles. The number of carbonyl (C=O) groups is 2. The number of amides is 1. The van der Waals surface area contributed by atoms with Gasteiger partial charge >= 0.3 is 5.97 Å². The summed E-state index contributed by atoms with van der Waals surface area (Å²) in [5, 5.41) is 13.2. The molecule has 0 bridgehead atoms. The fourth-order valence-electron chi connectivity index (χ4n) is 1.91. The molecule has 0 aliphatic heterocycles. The maximum Gasteiger partial charge on any atom is 0.328 e. The summed E-state index contributed by atoms with van der Waals surface area (Å²) in [5.41, 5.74) is 0.613. The molecule has 1 aromatic carbocycles. The maximum absolute atomic E-state index is 12.0. The van der Waals surface area contributed by atoms with Crippen molar-refractivity contribution in [3.8, 4) is 0 Å². The maximum atomic E-state index is 12.0. The number of ether oxygens (including phenoxy) is 1. The predicted octanol–water partition coefficient (Wildman–Crippen LogP) is 2.38. The van der Waals surface area contributed by atoms with E-state index in [0.717, 1.165) is 12.8 Å². The lowest BCUT2D eigenvalue weighted by Crippen LogP contribution is -2.42. The second kappa shape index (κ2) is 9.55. The zero-order valence-corrected chi connectivity index (χ0v) is 13.4. The van der Waals surface area contributed by atoms with Gasteiger partial charge in [0.25, 0.3) is 5.69 Å². The number of nitrogens with zero attached hydrogens (tertiary/aromatic N) is 1. The van der Waals surface area contributed by atoms with Gasteiger partial charge < -0.3 is 10.1 Å². The number of nitrogens with one attached hydrogen (secondary N) is 1. The first kappa shape index (κ1) is 18.6. The lowest BCUT2D eigenvalue weighted by atomic mass is 10.1. The minimum absolute atomic E-state index is 0.0277. The quantitative estimate of drug-likeness (QED) is 0.326. The van der Waals surface area contributed by atoms with E-state index < -0.39 is 16.9 Å². The molecule has 0 aliphatic rings. The van der Waals surface area contributed by atoms with Gasteiger partial charge in [-0.2, -0.15) is 0 Å². The summed E-state index contributed by atoms with van der Waals surface area (Å²) < 4.78 is 5.10. The fourth-order valence-corrected chi connectivity index (χ4v) is 1.91. The summed E-state index contributed by atoms with van der Waals surface area (Å²) in [7, 11) is 0. The van der Waals surface area contributed by atoms with Gasteiger partial charge in [0.05, 0.1) is 18.0 Å². The van der Waals surface area contributed by atoms with Crippen molar-refractivity contribution in [2.24, 2.45) is 0 Å². The molecule has 1 aromatic rings. The van der Waals surface area contributed by atoms with Gasteiger partial charge in [0.2, 0.25) is 5.91 Å². The molecular weight excluding hydrogens is 300 g/mol. The minimum Gasteiger partial charge on any atom is -0.464 e. The number of hydrogen-bond donors (Lipinski definition) is 1. The van der Waals surface area contributed by atoms with Crippen LogP contribution in [0.3, 0.4) is 0 Å². The van der Waals surface area contributed by atoms with Crippen molar-refractivity contribution in [2.75, 3.05) is 6.61 Å². The lowest BCUT2D eigenvalue weighted by Gasteiger charge is -2.16. The molecule has 0 spiro atoms. The smallest absolute Gasteiger partial charge is 0.328 e. The van der Waals surface area contributed by atoms with Gasteiger partial charge in [0.1, 0.15) is 6.04 Å². The van der Waals surface area contributed by atoms with Crippen LogP contribution in [-0.2, 0) is 20.7 Å². The van der Waals surface area contributed by atoms with E-state index in [0.29, 0.717) is 18.6 Å². The molecule has 1 rings (SSSR count). The Morgan fingerprint density at radius 1 is 1.26 bits per heavy atom. The molecule has 0 saturated heterocycles. The molecule has 0 aliphatic carbocycles. The van der Waals surface area contributed by atoms with Gasteiger partial charge in [0.15, 0.2) is 0 Å². The summed E-state index contributed by atoms with van der Waals surface area (Å²) in [4.78, 5) is 33.9. The first-order valence-electron chi connectivity index (χ1n) is 7.67. The van der Waals surface area contributed by atoms with Crippen LogP contribution < -0.4 is 5.32 Å². The number of nitro groups is 1. The van der Waals surface area contributed by atoms with E-state index in [1.165, 1.54) is 24.3 Å². The second-order valence-corrected chi connectivity index (χ2v) is 5.15. The zero-order valence-electron chi connectivity index (χ0n) is 13.4. The van der Waals surface area contributed by atoms with Crippen LogP contribution in [0, 0.1) is 10.1 Å². The highest BCUT2D eigenvalue weighted by Crippen LogP contribution is 2.12. The van der Waals surface area contributed by atoms with E-state index >= 15 is 0 Å². The molecule has 126 valence electrons. The first-order chi connectivity index (χ1) is 11.0. The monoisotopic (exact) mass is 322 g/mol. The molecule has 0 saturated carbocycles. The molecule has 1 atom stereocenters. The van der Waals surface area contributed by atoms with E-state index in [4.69, 9.17) is 4.74 Å². The van der Waals surface area contributed by atoms with E-state index in [1.54, 1.807) is 6.92 Å². The molecule has 0 fully saturated rings. The third kappa shape index (κ3) is 6.46. The summed E-state index contributed by atoms with van der Waals surface area (Å²) in [6.45, 7) is 4.14. The van der Waals surface area contributed by atoms with Gasteiger partial charge in [0, 0.05) is 12.1 Å². The minimum atomic E-state index is -0.669. The summed E-state index contributed by atoms with van der Waals surface area (Å²) >= 11 is 0. The van der Waals surface area contributed by atoms with Crippen molar-refractivity contribution >= 4 is 17.6 Å². The van der Waals surface area contributed by atoms with Gasteiger partial charge in [-0.25, -0.2) is 4.79 Å². The summed E-state index contributed by atoms with van der Waals surface area (Å²) in [6, 6.07) is 5.08. The third-order valence-corrected chi connectivity index (χ3v) is 3.28. The van der Waals surface area contributed by atoms with Crippen molar-refractivity contribution in [3.05, 3.63) is 39.9 Å². The summed E-state index contributed by atoms with van der Waals surface area (Å²) in [5.74, 6) is -0.754. The number of unbranched alkanes of at least 4 members (excludes halogenated alkanes) is 1. The lowest BCUT2D eigenvalue weighted by molar-refractivity contribution is -0.384. The van der Waals surface area contributed by atoms with Gasteiger partial charge in [-0.15, -0.1) is 0 Å². The highest BCUT2D eigenvalue weighted by atomic mass is 16.6. The van der Waals surface area contributed by atoms with E-state index in [2.05, 4.69) is 5.32 Å². The Bertz CT molecular complexity index is 542. The van der Waals surface area contributed by atoms with Crippen molar-refractivity contribution in [1.29, 1.82) is 0 Å². The Hall–Kier alpha value is -2.44. The Morgan fingerprint density at radius 3 is 2.43 bits per heavy atom. The molecule has 1 N–H and O–H groups in total. The Kier molecular flexibility index (Phi) is 7.73. The predicted molar refractivity (Wildman–Crippen MR) is 84.9 cm³/mol. The number of carbonyl (C=O) groups excluding carboxylic acids is 2. The molecule has 23 heavy (non-hydrogen) atoms. The van der Waals surface area contributed by atoms with Gasteiger partial charge in [-0.3, -0.25) is 14.9 Å². The first-order valence-corrected chi connectivity index (χ1v) is 7.67. The Morgan fingerprint density at radius 2 is 1.91 bits per heavy atom. The Balaban J connectivity index is 2.52. The van der Waals surface area contributed by atoms with Crippen LogP contribution in [0.15, 0.2) is 24.3 Å². The average Bonchev–Trinajstić information content (AvgIpc) is 2.53. The van der Waals surface area contributed by atoms with Crippen LogP contribution >= 0.6 is 0 Å².